The van der Waals surface area contributed by atoms with Crippen molar-refractivity contribution in [2.75, 3.05) is 19.8 Å². The molecule has 0 aliphatic carbocycles. The van der Waals surface area contributed by atoms with Crippen LogP contribution in [0.25, 0.3) is 0 Å². The number of esters is 3. The van der Waals surface area contributed by atoms with Crippen LogP contribution in [0.1, 0.15) is 53.3 Å². The zero-order valence-corrected chi connectivity index (χ0v) is 42.9. The van der Waals surface area contributed by atoms with Gasteiger partial charge in [-0.3, -0.25) is 0 Å². The molecule has 0 bridgehead atoms. The lowest BCUT2D eigenvalue weighted by atomic mass is 9.96. The molecule has 0 saturated carbocycles. The largest absolute Gasteiger partial charge is 0.459 e. The predicted molar refractivity (Wildman–Crippen MR) is 288 cm³/mol. The monoisotopic (exact) mass is 1050 g/mol. The smallest absolute Gasteiger partial charge is 0.338 e. The van der Waals surface area contributed by atoms with E-state index in [9.17, 15) is 14.4 Å². The van der Waals surface area contributed by atoms with Gasteiger partial charge in [0.25, 0.3) is 0 Å². The number of ether oxygens (including phenoxy) is 11. The van der Waals surface area contributed by atoms with Crippen LogP contribution in [-0.2, 0) is 78.5 Å². The van der Waals surface area contributed by atoms with Crippen LogP contribution in [0.5, 0.6) is 0 Å². The minimum absolute atomic E-state index is 0.0511. The van der Waals surface area contributed by atoms with Crippen LogP contribution in [0.2, 0.25) is 0 Å². The Morgan fingerprint density at radius 2 is 0.769 bits per heavy atom. The molecule has 10 atom stereocenters. The third-order valence-electron chi connectivity index (χ3n) is 13.0. The molecular formula is C64H62O14. The van der Waals surface area contributed by atoms with Crippen molar-refractivity contribution in [3.05, 3.63) is 264 Å². The molecule has 0 N–H and O–H groups in total. The van der Waals surface area contributed by atoms with Crippen molar-refractivity contribution in [1.29, 1.82) is 0 Å². The van der Waals surface area contributed by atoms with Crippen LogP contribution in [-0.4, -0.2) is 99.1 Å². The quantitative estimate of drug-likeness (QED) is 0.0303. The van der Waals surface area contributed by atoms with Gasteiger partial charge in [0.2, 0.25) is 0 Å². The number of carbonyl (C=O) groups excluding carboxylic acids is 3. The second kappa shape index (κ2) is 28.7. The number of rotatable bonds is 25. The number of benzene rings is 7. The summed E-state index contributed by atoms with van der Waals surface area (Å²) >= 11 is 0. The molecule has 0 spiro atoms. The van der Waals surface area contributed by atoms with Gasteiger partial charge in [0.15, 0.2) is 24.8 Å². The van der Waals surface area contributed by atoms with Gasteiger partial charge >= 0.3 is 17.9 Å². The third-order valence-corrected chi connectivity index (χ3v) is 13.0. The van der Waals surface area contributed by atoms with Crippen molar-refractivity contribution < 1.29 is 66.5 Å². The minimum Gasteiger partial charge on any atom is -0.459 e. The van der Waals surface area contributed by atoms with Gasteiger partial charge in [-0.25, -0.2) is 14.4 Å². The highest BCUT2D eigenvalue weighted by Crippen LogP contribution is 2.37. The van der Waals surface area contributed by atoms with Crippen molar-refractivity contribution in [2.24, 2.45) is 0 Å². The second-order valence-electron chi connectivity index (χ2n) is 18.5. The molecule has 7 aromatic rings. The average molecular weight is 1060 g/mol. The van der Waals surface area contributed by atoms with E-state index < -0.39 is 85.9 Å². The molecule has 402 valence electrons. The molecular weight excluding hydrogens is 993 g/mol. The van der Waals surface area contributed by atoms with E-state index in [1.165, 1.54) is 6.08 Å². The summed E-state index contributed by atoms with van der Waals surface area (Å²) in [4.78, 5) is 42.3. The molecule has 2 saturated heterocycles. The van der Waals surface area contributed by atoms with Gasteiger partial charge in [-0.15, -0.1) is 6.58 Å². The van der Waals surface area contributed by atoms with Crippen molar-refractivity contribution >= 4 is 17.9 Å². The summed E-state index contributed by atoms with van der Waals surface area (Å²) in [7, 11) is 0. The lowest BCUT2D eigenvalue weighted by Crippen LogP contribution is -2.67. The molecule has 9 rings (SSSR count). The number of hydrogen-bond acceptors (Lipinski definition) is 14. The molecule has 2 aliphatic heterocycles. The fourth-order valence-corrected chi connectivity index (χ4v) is 9.10. The van der Waals surface area contributed by atoms with Crippen molar-refractivity contribution in [3.63, 3.8) is 0 Å². The zero-order chi connectivity index (χ0) is 53.7. The van der Waals surface area contributed by atoms with E-state index in [0.717, 1.165) is 22.3 Å². The molecule has 0 radical (unpaired) electrons. The van der Waals surface area contributed by atoms with Crippen LogP contribution in [0.15, 0.2) is 225 Å². The van der Waals surface area contributed by atoms with Gasteiger partial charge in [0.05, 0.1) is 56.3 Å². The van der Waals surface area contributed by atoms with Crippen molar-refractivity contribution in [1.82, 2.24) is 0 Å². The fourth-order valence-electron chi connectivity index (χ4n) is 9.10. The normalized spacial score (nSPS) is 22.9. The highest BCUT2D eigenvalue weighted by molar-refractivity contribution is 5.90. The first-order valence-electron chi connectivity index (χ1n) is 25.9. The Morgan fingerprint density at radius 3 is 1.26 bits per heavy atom. The van der Waals surface area contributed by atoms with Crippen LogP contribution in [0, 0.1) is 0 Å². The Morgan fingerprint density at radius 1 is 0.385 bits per heavy atom. The maximum absolute atomic E-state index is 14.4. The van der Waals surface area contributed by atoms with E-state index in [-0.39, 0.29) is 56.3 Å². The summed E-state index contributed by atoms with van der Waals surface area (Å²) in [5, 5.41) is 0. The van der Waals surface area contributed by atoms with Crippen LogP contribution < -0.4 is 0 Å². The predicted octanol–water partition coefficient (Wildman–Crippen LogP) is 10.3. The van der Waals surface area contributed by atoms with E-state index >= 15 is 0 Å². The molecule has 14 heteroatoms. The molecule has 2 heterocycles. The highest BCUT2D eigenvalue weighted by atomic mass is 16.8. The molecule has 14 nitrogen and oxygen atoms in total. The lowest BCUT2D eigenvalue weighted by Gasteiger charge is -2.49. The molecule has 2 aliphatic rings. The first-order valence-corrected chi connectivity index (χ1v) is 25.9. The summed E-state index contributed by atoms with van der Waals surface area (Å²) in [6, 6.07) is 63.9. The molecule has 2 fully saturated rings. The summed E-state index contributed by atoms with van der Waals surface area (Å²) in [6.07, 6.45) is -10.9. The Labute approximate surface area is 454 Å². The standard InChI is InChI=1S/C64H62O14/c1-2-38-69-57-55(76-61(66)50-34-20-8-21-35-50)53(44-72-60(65)49-32-18-7-19-33-49)75-64(59(57)77-62(67)51-36-22-9-23-37-51)78-58-56(71-41-47-28-14-5-15-29-47)54(70-40-46-26-12-4-13-27-46)52(43-68-39-45-24-10-3-11-25-45)74-63(58)73-42-48-30-16-6-17-31-48/h2-37,52-59,63-64H,1,38-44H2/t52-,53-,54-,55-,56+,57+,58+,59+,63+,64+/m1/s1. The second-order valence-corrected chi connectivity index (χ2v) is 18.5. The van der Waals surface area contributed by atoms with E-state index in [2.05, 4.69) is 6.58 Å². The summed E-state index contributed by atoms with van der Waals surface area (Å²) in [6.45, 7) is 3.96. The Bertz CT molecular complexity index is 2900. The van der Waals surface area contributed by atoms with Gasteiger partial charge in [0.1, 0.15) is 43.2 Å². The lowest BCUT2D eigenvalue weighted by molar-refractivity contribution is -0.376. The van der Waals surface area contributed by atoms with E-state index in [0.29, 0.717) is 0 Å². The Kier molecular flexibility index (Phi) is 20.3. The van der Waals surface area contributed by atoms with Crippen molar-refractivity contribution in [3.8, 4) is 0 Å². The summed E-state index contributed by atoms with van der Waals surface area (Å²) < 4.78 is 73.7. The molecule has 0 amide bonds. The highest BCUT2D eigenvalue weighted by Gasteiger charge is 2.56. The third kappa shape index (κ3) is 15.3. The Balaban J connectivity index is 1.14. The number of hydrogen-bond donors (Lipinski definition) is 0. The molecule has 0 unspecified atom stereocenters. The van der Waals surface area contributed by atoms with Crippen LogP contribution in [0.3, 0.4) is 0 Å². The first kappa shape index (κ1) is 55.1. The average Bonchev–Trinajstić information content (AvgIpc) is 3.64. The maximum Gasteiger partial charge on any atom is 0.338 e. The Hall–Kier alpha value is -7.63. The molecule has 0 aromatic heterocycles. The zero-order valence-electron chi connectivity index (χ0n) is 42.9. The topological polar surface area (TPSA) is 153 Å². The number of carbonyl (C=O) groups is 3. The van der Waals surface area contributed by atoms with Crippen LogP contribution >= 0.6 is 0 Å². The van der Waals surface area contributed by atoms with Gasteiger partial charge in [-0.2, -0.15) is 0 Å². The van der Waals surface area contributed by atoms with Crippen LogP contribution in [0.4, 0.5) is 0 Å². The minimum atomic E-state index is -1.60. The van der Waals surface area contributed by atoms with Gasteiger partial charge < -0.3 is 52.1 Å². The van der Waals surface area contributed by atoms with Gasteiger partial charge in [0, 0.05) is 0 Å². The summed E-state index contributed by atoms with van der Waals surface area (Å²) in [5.41, 5.74) is 4.24. The maximum atomic E-state index is 14.4. The van der Waals surface area contributed by atoms with Crippen molar-refractivity contribution in [2.45, 2.75) is 87.8 Å². The van der Waals surface area contributed by atoms with Gasteiger partial charge in [-0.1, -0.05) is 182 Å². The summed E-state index contributed by atoms with van der Waals surface area (Å²) in [5.74, 6) is -2.18. The first-order chi connectivity index (χ1) is 38.4. The molecule has 7 aromatic carbocycles. The SMILES string of the molecule is C=CCO[C@@H]1[C@H](OC(=O)c2ccccc2)[C@H](O[C@@H]2[C@@H](OCc3ccccc3)O[C@H](COCc3ccccc3)[C@@H](OCc3ccccc3)[C@@H]2OCc2ccccc2)O[C@H](COC(=O)c2ccccc2)[C@H]1OC(=O)c1ccccc1. The van der Waals surface area contributed by atoms with E-state index in [1.54, 1.807) is 91.0 Å². The van der Waals surface area contributed by atoms with E-state index in [1.807, 2.05) is 121 Å². The fraction of sp³-hybridized carbons (Fsp3) is 0.266. The van der Waals surface area contributed by atoms with E-state index in [4.69, 9.17) is 52.1 Å². The molecule has 78 heavy (non-hydrogen) atoms. The van der Waals surface area contributed by atoms with Gasteiger partial charge in [-0.05, 0) is 58.7 Å².